The molecule has 0 aliphatic carbocycles. The second-order valence-corrected chi connectivity index (χ2v) is 3.64. The second kappa shape index (κ2) is 5.80. The Labute approximate surface area is 109 Å². The summed E-state index contributed by atoms with van der Waals surface area (Å²) in [6.45, 7) is 0.199. The lowest BCUT2D eigenvalue weighted by Crippen LogP contribution is -2.13. The summed E-state index contributed by atoms with van der Waals surface area (Å²) >= 11 is 0. The van der Waals surface area contributed by atoms with Gasteiger partial charge in [0.1, 0.15) is 5.82 Å². The van der Waals surface area contributed by atoms with Crippen molar-refractivity contribution >= 4 is 11.6 Å². The second-order valence-electron chi connectivity index (χ2n) is 3.64. The molecule has 2 aromatic rings. The lowest BCUT2D eigenvalue weighted by atomic mass is 10.1. The number of nitrogens with one attached hydrogen (secondary N) is 2. The maximum Gasteiger partial charge on any atom is 0.258 e. The highest BCUT2D eigenvalue weighted by Crippen LogP contribution is 2.12. The summed E-state index contributed by atoms with van der Waals surface area (Å²) < 4.78 is 13.8. The average molecular weight is 258 g/mol. The van der Waals surface area contributed by atoms with Crippen LogP contribution in [-0.4, -0.2) is 22.6 Å². The van der Waals surface area contributed by atoms with Crippen LogP contribution in [0.4, 0.5) is 10.1 Å². The Morgan fingerprint density at radius 2 is 2.37 bits per heavy atom. The molecule has 1 heterocycles. The van der Waals surface area contributed by atoms with Crippen molar-refractivity contribution in [2.75, 3.05) is 11.9 Å². The first-order valence-corrected chi connectivity index (χ1v) is 5.49. The van der Waals surface area contributed by atoms with Gasteiger partial charge in [0.25, 0.3) is 5.91 Å². The van der Waals surface area contributed by atoms with Gasteiger partial charge in [-0.15, -0.1) is 0 Å². The molecular weight excluding hydrogens is 247 g/mol. The fraction of sp³-hybridized carbons (Fsp3) is 0.0769. The Kier molecular flexibility index (Phi) is 3.90. The number of hydrogen-bond acceptors (Lipinski definition) is 3. The number of aromatic nitrogens is 2. The van der Waals surface area contributed by atoms with E-state index in [1.54, 1.807) is 6.07 Å². The van der Waals surface area contributed by atoms with Gasteiger partial charge in [-0.2, -0.15) is 5.10 Å². The lowest BCUT2D eigenvalue weighted by Gasteiger charge is -2.04. The number of nitrogens with two attached hydrogens (primary N) is 1. The minimum Gasteiger partial charge on any atom is -0.320 e. The highest BCUT2D eigenvalue weighted by Gasteiger charge is 2.12. The van der Waals surface area contributed by atoms with Crippen LogP contribution in [0.2, 0.25) is 0 Å². The molecule has 4 N–H and O–H groups in total. The number of benzene rings is 1. The van der Waals surface area contributed by atoms with E-state index in [2.05, 4.69) is 27.4 Å². The largest absolute Gasteiger partial charge is 0.320 e. The molecule has 1 aromatic heterocycles. The van der Waals surface area contributed by atoms with Gasteiger partial charge in [0.2, 0.25) is 0 Å². The molecule has 6 heteroatoms. The molecule has 0 atom stereocenters. The summed E-state index contributed by atoms with van der Waals surface area (Å²) in [5, 5.41) is 8.73. The summed E-state index contributed by atoms with van der Waals surface area (Å²) in [6, 6.07) is 4.15. The first kappa shape index (κ1) is 12.8. The number of halogens is 1. The number of carbonyl (C=O) groups is 1. The van der Waals surface area contributed by atoms with Crippen molar-refractivity contribution in [3.63, 3.8) is 0 Å². The molecule has 1 amide bonds. The SMILES string of the molecule is NCC#Cc1ccc(C(=O)Nc2cn[nH]c2)c(F)c1. The Morgan fingerprint density at radius 1 is 1.53 bits per heavy atom. The van der Waals surface area contributed by atoms with Gasteiger partial charge in [0.15, 0.2) is 0 Å². The van der Waals surface area contributed by atoms with E-state index in [1.807, 2.05) is 0 Å². The summed E-state index contributed by atoms with van der Waals surface area (Å²) in [5.41, 5.74) is 6.12. The third kappa shape index (κ3) is 3.18. The number of aromatic amines is 1. The molecule has 0 bridgehead atoms. The Hall–Kier alpha value is -2.65. The third-order valence-electron chi connectivity index (χ3n) is 2.30. The summed E-state index contributed by atoms with van der Waals surface area (Å²) in [5.74, 6) is 4.13. The van der Waals surface area contributed by atoms with Crippen LogP contribution in [-0.2, 0) is 0 Å². The molecule has 19 heavy (non-hydrogen) atoms. The Balaban J connectivity index is 2.18. The number of carbonyl (C=O) groups excluding carboxylic acids is 1. The number of H-pyrrole nitrogens is 1. The normalized spacial score (nSPS) is 9.58. The van der Waals surface area contributed by atoms with E-state index in [0.29, 0.717) is 11.3 Å². The van der Waals surface area contributed by atoms with E-state index in [1.165, 1.54) is 24.5 Å². The van der Waals surface area contributed by atoms with Gasteiger partial charge in [-0.1, -0.05) is 11.8 Å². The van der Waals surface area contributed by atoms with Gasteiger partial charge in [-0.3, -0.25) is 9.89 Å². The molecule has 2 rings (SSSR count). The molecule has 0 radical (unpaired) electrons. The zero-order chi connectivity index (χ0) is 13.7. The van der Waals surface area contributed by atoms with Gasteiger partial charge >= 0.3 is 0 Å². The summed E-state index contributed by atoms with van der Waals surface area (Å²) in [6.07, 6.45) is 2.92. The van der Waals surface area contributed by atoms with E-state index >= 15 is 0 Å². The molecule has 0 saturated carbocycles. The van der Waals surface area contributed by atoms with Gasteiger partial charge in [-0.25, -0.2) is 4.39 Å². The van der Waals surface area contributed by atoms with Crippen LogP contribution in [0, 0.1) is 17.7 Å². The van der Waals surface area contributed by atoms with Gasteiger partial charge in [0, 0.05) is 11.8 Å². The molecule has 0 saturated heterocycles. The fourth-order valence-corrected chi connectivity index (χ4v) is 1.45. The first-order valence-electron chi connectivity index (χ1n) is 5.49. The van der Waals surface area contributed by atoms with E-state index in [4.69, 9.17) is 5.73 Å². The van der Waals surface area contributed by atoms with Crippen LogP contribution in [0.25, 0.3) is 0 Å². The van der Waals surface area contributed by atoms with E-state index in [0.717, 1.165) is 0 Å². The van der Waals surface area contributed by atoms with Gasteiger partial charge in [-0.05, 0) is 18.2 Å². The van der Waals surface area contributed by atoms with Crippen molar-refractivity contribution in [2.24, 2.45) is 5.73 Å². The van der Waals surface area contributed by atoms with Crippen molar-refractivity contribution in [3.8, 4) is 11.8 Å². The molecular formula is C13H11FN4O. The zero-order valence-corrected chi connectivity index (χ0v) is 9.90. The Bertz CT molecular complexity index is 640. The van der Waals surface area contributed by atoms with Crippen molar-refractivity contribution in [3.05, 3.63) is 47.5 Å². The predicted molar refractivity (Wildman–Crippen MR) is 68.9 cm³/mol. The zero-order valence-electron chi connectivity index (χ0n) is 9.90. The van der Waals surface area contributed by atoms with E-state index in [-0.39, 0.29) is 12.1 Å². The minimum atomic E-state index is -0.634. The van der Waals surface area contributed by atoms with E-state index < -0.39 is 11.7 Å². The third-order valence-corrected chi connectivity index (χ3v) is 2.30. The average Bonchev–Trinajstić information content (AvgIpc) is 2.89. The maximum atomic E-state index is 13.8. The highest BCUT2D eigenvalue weighted by atomic mass is 19.1. The van der Waals surface area contributed by atoms with Gasteiger partial charge < -0.3 is 11.1 Å². The molecule has 0 fully saturated rings. The van der Waals surface area contributed by atoms with Crippen LogP contribution in [0.5, 0.6) is 0 Å². The number of nitrogens with zero attached hydrogens (tertiary/aromatic N) is 1. The van der Waals surface area contributed by atoms with Crippen LogP contribution in [0.15, 0.2) is 30.6 Å². The monoisotopic (exact) mass is 258 g/mol. The molecule has 0 unspecified atom stereocenters. The molecule has 0 aliphatic rings. The minimum absolute atomic E-state index is 0.0560. The van der Waals surface area contributed by atoms with Crippen molar-refractivity contribution in [1.82, 2.24) is 10.2 Å². The summed E-state index contributed by atoms with van der Waals surface area (Å²) in [7, 11) is 0. The fourth-order valence-electron chi connectivity index (χ4n) is 1.45. The smallest absolute Gasteiger partial charge is 0.258 e. The standard InChI is InChI=1S/C13H11FN4O/c14-12-6-9(2-1-5-15)3-4-11(12)13(19)18-10-7-16-17-8-10/h3-4,6-8H,5,15H2,(H,16,17)(H,18,19). The topological polar surface area (TPSA) is 83.8 Å². The lowest BCUT2D eigenvalue weighted by molar-refractivity contribution is 0.102. The predicted octanol–water partition coefficient (Wildman–Crippen LogP) is 1.11. The van der Waals surface area contributed by atoms with Crippen molar-refractivity contribution < 1.29 is 9.18 Å². The molecule has 1 aromatic carbocycles. The Morgan fingerprint density at radius 3 is 3.00 bits per heavy atom. The van der Waals surface area contributed by atoms with Crippen LogP contribution in [0.3, 0.4) is 0 Å². The van der Waals surface area contributed by atoms with E-state index in [9.17, 15) is 9.18 Å². The molecule has 96 valence electrons. The molecule has 5 nitrogen and oxygen atoms in total. The quantitative estimate of drug-likeness (QED) is 0.705. The number of amides is 1. The van der Waals surface area contributed by atoms with Gasteiger partial charge in [0.05, 0.1) is 24.0 Å². The molecule has 0 spiro atoms. The number of rotatable bonds is 2. The van der Waals surface area contributed by atoms with Crippen LogP contribution < -0.4 is 11.1 Å². The molecule has 0 aliphatic heterocycles. The summed E-state index contributed by atoms with van der Waals surface area (Å²) in [4.78, 5) is 11.8. The number of anilines is 1. The van der Waals surface area contributed by atoms with Crippen LogP contribution >= 0.6 is 0 Å². The van der Waals surface area contributed by atoms with Crippen molar-refractivity contribution in [2.45, 2.75) is 0 Å². The van der Waals surface area contributed by atoms with Crippen molar-refractivity contribution in [1.29, 1.82) is 0 Å². The highest BCUT2D eigenvalue weighted by molar-refractivity contribution is 6.04. The first-order chi connectivity index (χ1) is 9.20. The van der Waals surface area contributed by atoms with Crippen LogP contribution in [0.1, 0.15) is 15.9 Å². The number of hydrogen-bond donors (Lipinski definition) is 3. The maximum absolute atomic E-state index is 13.8.